The fourth-order valence-corrected chi connectivity index (χ4v) is 2.13. The summed E-state index contributed by atoms with van der Waals surface area (Å²) in [4.78, 5) is 11.8. The maximum atomic E-state index is 11.8. The summed E-state index contributed by atoms with van der Waals surface area (Å²) in [7, 11) is 1.59. The van der Waals surface area contributed by atoms with Crippen molar-refractivity contribution in [2.75, 3.05) is 20.3 Å². The Morgan fingerprint density at radius 1 is 1.62 bits per heavy atom. The molecule has 1 aliphatic carbocycles. The predicted molar refractivity (Wildman–Crippen MR) is 60.8 cm³/mol. The predicted octanol–water partition coefficient (Wildman–Crippen LogP) is -0.373. The van der Waals surface area contributed by atoms with Gasteiger partial charge in [-0.2, -0.15) is 0 Å². The molecule has 0 bridgehead atoms. The van der Waals surface area contributed by atoms with E-state index in [4.69, 9.17) is 15.6 Å². The van der Waals surface area contributed by atoms with Gasteiger partial charge in [0.25, 0.3) is 0 Å². The second kappa shape index (κ2) is 6.83. The van der Waals surface area contributed by atoms with Gasteiger partial charge in [-0.3, -0.25) is 4.79 Å². The molecule has 1 rings (SSSR count). The van der Waals surface area contributed by atoms with E-state index in [9.17, 15) is 4.79 Å². The first-order chi connectivity index (χ1) is 7.67. The van der Waals surface area contributed by atoms with Gasteiger partial charge in [0, 0.05) is 25.7 Å². The topological polar surface area (TPSA) is 84.6 Å². The number of aliphatic hydroxyl groups is 1. The van der Waals surface area contributed by atoms with Crippen LogP contribution in [0.2, 0.25) is 0 Å². The molecule has 5 heteroatoms. The van der Waals surface area contributed by atoms with Crippen molar-refractivity contribution in [1.29, 1.82) is 0 Å². The third-order valence-electron chi connectivity index (χ3n) is 3.04. The summed E-state index contributed by atoms with van der Waals surface area (Å²) in [6, 6.07) is 0.0637. The number of amides is 1. The largest absolute Gasteiger partial charge is 0.396 e. The van der Waals surface area contributed by atoms with E-state index >= 15 is 0 Å². The molecule has 0 aromatic carbocycles. The average Bonchev–Trinajstić information content (AvgIpc) is 2.65. The number of aliphatic hydroxyl groups excluding tert-OH is 1. The maximum Gasteiger partial charge on any atom is 0.223 e. The van der Waals surface area contributed by atoms with E-state index in [1.165, 1.54) is 0 Å². The molecule has 1 aliphatic rings. The van der Waals surface area contributed by atoms with E-state index < -0.39 is 0 Å². The first kappa shape index (κ1) is 13.4. The number of nitrogens with one attached hydrogen (secondary N) is 1. The van der Waals surface area contributed by atoms with E-state index in [1.54, 1.807) is 7.11 Å². The Labute approximate surface area is 96.3 Å². The number of methoxy groups -OCH3 is 1. The highest BCUT2D eigenvalue weighted by Gasteiger charge is 2.28. The van der Waals surface area contributed by atoms with Crippen LogP contribution in [0.4, 0.5) is 0 Å². The van der Waals surface area contributed by atoms with Crippen LogP contribution in [0.5, 0.6) is 0 Å². The molecule has 0 spiro atoms. The van der Waals surface area contributed by atoms with E-state index in [0.29, 0.717) is 13.0 Å². The van der Waals surface area contributed by atoms with Gasteiger partial charge in [0.15, 0.2) is 0 Å². The lowest BCUT2D eigenvalue weighted by molar-refractivity contribution is -0.126. The van der Waals surface area contributed by atoms with Gasteiger partial charge < -0.3 is 20.9 Å². The minimum Gasteiger partial charge on any atom is -0.396 e. The highest BCUT2D eigenvalue weighted by molar-refractivity contribution is 5.79. The summed E-state index contributed by atoms with van der Waals surface area (Å²) in [5, 5.41) is 11.8. The number of ether oxygens (including phenoxy) is 1. The second-order valence-corrected chi connectivity index (χ2v) is 4.44. The van der Waals surface area contributed by atoms with Crippen molar-refractivity contribution in [3.8, 4) is 0 Å². The zero-order chi connectivity index (χ0) is 12.0. The molecule has 0 aliphatic heterocycles. The van der Waals surface area contributed by atoms with Crippen molar-refractivity contribution < 1.29 is 14.6 Å². The summed E-state index contributed by atoms with van der Waals surface area (Å²) in [6.07, 6.45) is 3.09. The Balaban J connectivity index is 2.35. The molecule has 0 aromatic heterocycles. The first-order valence-corrected chi connectivity index (χ1v) is 5.83. The summed E-state index contributed by atoms with van der Waals surface area (Å²) in [6.45, 7) is 0.490. The smallest absolute Gasteiger partial charge is 0.223 e. The Morgan fingerprint density at radius 2 is 2.38 bits per heavy atom. The van der Waals surface area contributed by atoms with Crippen molar-refractivity contribution in [3.05, 3.63) is 0 Å². The fourth-order valence-electron chi connectivity index (χ4n) is 2.13. The van der Waals surface area contributed by atoms with E-state index in [0.717, 1.165) is 19.3 Å². The fraction of sp³-hybridized carbons (Fsp3) is 0.909. The average molecular weight is 230 g/mol. The van der Waals surface area contributed by atoms with E-state index in [1.807, 2.05) is 0 Å². The molecule has 0 heterocycles. The highest BCUT2D eigenvalue weighted by Crippen LogP contribution is 2.24. The van der Waals surface area contributed by atoms with Gasteiger partial charge in [0.05, 0.1) is 12.6 Å². The van der Waals surface area contributed by atoms with Crippen LogP contribution in [0.25, 0.3) is 0 Å². The zero-order valence-electron chi connectivity index (χ0n) is 9.82. The van der Waals surface area contributed by atoms with Gasteiger partial charge in [-0.25, -0.2) is 0 Å². The molecule has 4 N–H and O–H groups in total. The van der Waals surface area contributed by atoms with Crippen LogP contribution in [0.15, 0.2) is 0 Å². The normalized spacial score (nSPS) is 26.7. The van der Waals surface area contributed by atoms with Crippen LogP contribution in [-0.4, -0.2) is 43.4 Å². The number of carbonyl (C=O) groups excluding carboxylic acids is 1. The molecule has 0 radical (unpaired) electrons. The van der Waals surface area contributed by atoms with Crippen molar-refractivity contribution in [1.82, 2.24) is 5.32 Å². The van der Waals surface area contributed by atoms with E-state index in [-0.39, 0.29) is 30.5 Å². The standard InChI is InChI=1S/C11H22N2O3/c1-16-7-10(4-5-14)13-11(15)8-2-3-9(12)6-8/h8-10,14H,2-7,12H2,1H3,(H,13,15). The van der Waals surface area contributed by atoms with Crippen LogP contribution >= 0.6 is 0 Å². The van der Waals surface area contributed by atoms with Crippen LogP contribution in [0.3, 0.4) is 0 Å². The Bertz CT molecular complexity index is 217. The molecule has 3 atom stereocenters. The number of carbonyl (C=O) groups is 1. The first-order valence-electron chi connectivity index (χ1n) is 5.83. The highest BCUT2D eigenvalue weighted by atomic mass is 16.5. The lowest BCUT2D eigenvalue weighted by Gasteiger charge is -2.19. The van der Waals surface area contributed by atoms with Crippen molar-refractivity contribution in [3.63, 3.8) is 0 Å². The Morgan fingerprint density at radius 3 is 2.88 bits per heavy atom. The van der Waals surface area contributed by atoms with Gasteiger partial charge in [0.1, 0.15) is 0 Å². The lowest BCUT2D eigenvalue weighted by atomic mass is 10.1. The number of rotatable bonds is 6. The SMILES string of the molecule is COCC(CCO)NC(=O)C1CCC(N)C1. The van der Waals surface area contributed by atoms with Crippen molar-refractivity contribution in [2.45, 2.75) is 37.8 Å². The molecule has 1 saturated carbocycles. The minimum absolute atomic E-state index is 0.0352. The van der Waals surface area contributed by atoms with Gasteiger partial charge >= 0.3 is 0 Å². The third kappa shape index (κ3) is 4.08. The summed E-state index contributed by atoms with van der Waals surface area (Å²) in [5.74, 6) is 0.0801. The quantitative estimate of drug-likeness (QED) is 0.581. The molecular formula is C11H22N2O3. The number of hydrogen-bond donors (Lipinski definition) is 3. The lowest BCUT2D eigenvalue weighted by Crippen LogP contribution is -2.41. The molecule has 5 nitrogen and oxygen atoms in total. The molecule has 1 amide bonds. The van der Waals surface area contributed by atoms with Crippen LogP contribution in [-0.2, 0) is 9.53 Å². The number of nitrogens with two attached hydrogens (primary N) is 1. The zero-order valence-corrected chi connectivity index (χ0v) is 9.82. The third-order valence-corrected chi connectivity index (χ3v) is 3.04. The van der Waals surface area contributed by atoms with Crippen LogP contribution in [0.1, 0.15) is 25.7 Å². The minimum atomic E-state index is -0.0978. The summed E-state index contributed by atoms with van der Waals surface area (Å²) >= 11 is 0. The summed E-state index contributed by atoms with van der Waals surface area (Å²) in [5.41, 5.74) is 5.77. The van der Waals surface area contributed by atoms with Crippen molar-refractivity contribution >= 4 is 5.91 Å². The Kier molecular flexibility index (Phi) is 5.73. The molecule has 0 saturated heterocycles. The van der Waals surface area contributed by atoms with E-state index in [2.05, 4.69) is 5.32 Å². The van der Waals surface area contributed by atoms with Gasteiger partial charge in [-0.05, 0) is 25.7 Å². The second-order valence-electron chi connectivity index (χ2n) is 4.44. The molecule has 94 valence electrons. The van der Waals surface area contributed by atoms with Gasteiger partial charge in [0.2, 0.25) is 5.91 Å². The molecule has 3 unspecified atom stereocenters. The Hall–Kier alpha value is -0.650. The summed E-state index contributed by atoms with van der Waals surface area (Å²) < 4.78 is 4.99. The van der Waals surface area contributed by atoms with Crippen LogP contribution < -0.4 is 11.1 Å². The molecular weight excluding hydrogens is 208 g/mol. The van der Waals surface area contributed by atoms with Crippen molar-refractivity contribution in [2.24, 2.45) is 11.7 Å². The monoisotopic (exact) mass is 230 g/mol. The maximum absolute atomic E-state index is 11.8. The number of hydrogen-bond acceptors (Lipinski definition) is 4. The molecule has 1 fully saturated rings. The van der Waals surface area contributed by atoms with Crippen LogP contribution in [0, 0.1) is 5.92 Å². The van der Waals surface area contributed by atoms with Gasteiger partial charge in [-0.1, -0.05) is 0 Å². The molecule has 16 heavy (non-hydrogen) atoms. The van der Waals surface area contributed by atoms with Gasteiger partial charge in [-0.15, -0.1) is 0 Å². The molecule has 0 aromatic rings.